The Bertz CT molecular complexity index is 517. The summed E-state index contributed by atoms with van der Waals surface area (Å²) in [6.07, 6.45) is 3.52. The van der Waals surface area contributed by atoms with Crippen LogP contribution in [0.5, 0.6) is 0 Å². The van der Waals surface area contributed by atoms with Gasteiger partial charge in [0, 0.05) is 13.7 Å². The number of imide groups is 1. The Morgan fingerprint density at radius 1 is 1.39 bits per heavy atom. The lowest BCUT2D eigenvalue weighted by atomic mass is 9.98. The molecule has 0 aromatic carbocycles. The van der Waals surface area contributed by atoms with Crippen molar-refractivity contribution >= 4 is 17.8 Å². The van der Waals surface area contributed by atoms with Gasteiger partial charge in [0.25, 0.3) is 5.91 Å². The van der Waals surface area contributed by atoms with Gasteiger partial charge in [0.15, 0.2) is 0 Å². The van der Waals surface area contributed by atoms with Crippen LogP contribution < -0.4 is 5.32 Å². The summed E-state index contributed by atoms with van der Waals surface area (Å²) in [5.41, 5.74) is -0.798. The molecule has 3 aliphatic rings. The van der Waals surface area contributed by atoms with E-state index in [0.717, 1.165) is 17.7 Å². The molecular formula is C15H23N3O5. The van der Waals surface area contributed by atoms with E-state index in [1.54, 1.807) is 7.11 Å². The highest BCUT2D eigenvalue weighted by Gasteiger charge is 2.53. The maximum atomic E-state index is 12.6. The van der Waals surface area contributed by atoms with E-state index >= 15 is 0 Å². The van der Waals surface area contributed by atoms with Gasteiger partial charge in [-0.2, -0.15) is 0 Å². The molecule has 2 atom stereocenters. The summed E-state index contributed by atoms with van der Waals surface area (Å²) in [6, 6.07) is -0.818. The summed E-state index contributed by atoms with van der Waals surface area (Å²) in [4.78, 5) is 39.7. The number of carbonyl (C=O) groups is 3. The predicted octanol–water partition coefficient (Wildman–Crippen LogP) is -0.541. The van der Waals surface area contributed by atoms with Crippen LogP contribution in [0.3, 0.4) is 0 Å². The van der Waals surface area contributed by atoms with Crippen LogP contribution in [-0.4, -0.2) is 77.2 Å². The number of rotatable bonds is 4. The van der Waals surface area contributed by atoms with Crippen molar-refractivity contribution in [2.75, 3.05) is 26.8 Å². The van der Waals surface area contributed by atoms with Gasteiger partial charge in [-0.1, -0.05) is 12.8 Å². The molecule has 0 unspecified atom stereocenters. The van der Waals surface area contributed by atoms with E-state index in [0.29, 0.717) is 25.8 Å². The Balaban J connectivity index is 1.68. The second kappa shape index (κ2) is 6.09. The zero-order valence-electron chi connectivity index (χ0n) is 13.3. The van der Waals surface area contributed by atoms with Gasteiger partial charge in [-0.25, -0.2) is 4.79 Å². The first-order valence-electron chi connectivity index (χ1n) is 8.08. The van der Waals surface area contributed by atoms with Crippen LogP contribution in [0, 0.1) is 0 Å². The molecule has 1 spiro atoms. The van der Waals surface area contributed by atoms with E-state index in [1.165, 1.54) is 4.90 Å². The maximum absolute atomic E-state index is 12.6. The number of urea groups is 1. The first-order valence-corrected chi connectivity index (χ1v) is 8.08. The SMILES string of the molecule is CO[C@@H]1C[C@@H](CO)N(C(=O)CN2C(=O)NC3(CCCC3)C2=O)C1. The minimum Gasteiger partial charge on any atom is -0.394 e. The third-order valence-electron chi connectivity index (χ3n) is 5.24. The molecule has 2 saturated heterocycles. The van der Waals surface area contributed by atoms with E-state index in [2.05, 4.69) is 5.32 Å². The van der Waals surface area contributed by atoms with Crippen LogP contribution in [0.25, 0.3) is 0 Å². The normalized spacial score (nSPS) is 29.7. The van der Waals surface area contributed by atoms with Gasteiger partial charge in [-0.15, -0.1) is 0 Å². The summed E-state index contributed by atoms with van der Waals surface area (Å²) in [7, 11) is 1.56. The number of aliphatic hydroxyl groups excluding tert-OH is 1. The molecule has 3 rings (SSSR count). The molecule has 8 heteroatoms. The molecule has 0 aromatic rings. The van der Waals surface area contributed by atoms with Gasteiger partial charge in [-0.3, -0.25) is 14.5 Å². The average Bonchev–Trinajstić information content (AvgIpc) is 3.22. The van der Waals surface area contributed by atoms with Crippen molar-refractivity contribution in [3.05, 3.63) is 0 Å². The van der Waals surface area contributed by atoms with Gasteiger partial charge in [0.2, 0.25) is 5.91 Å². The van der Waals surface area contributed by atoms with Crippen molar-refractivity contribution in [3.63, 3.8) is 0 Å². The number of ether oxygens (including phenoxy) is 1. The van der Waals surface area contributed by atoms with E-state index in [4.69, 9.17) is 4.74 Å². The molecule has 4 amide bonds. The Morgan fingerprint density at radius 2 is 2.09 bits per heavy atom. The lowest BCUT2D eigenvalue weighted by molar-refractivity contribution is -0.140. The molecule has 1 aliphatic carbocycles. The van der Waals surface area contributed by atoms with Crippen molar-refractivity contribution in [3.8, 4) is 0 Å². The lowest BCUT2D eigenvalue weighted by Gasteiger charge is -2.25. The Morgan fingerprint density at radius 3 is 2.70 bits per heavy atom. The van der Waals surface area contributed by atoms with Gasteiger partial charge in [0.1, 0.15) is 12.1 Å². The number of hydrogen-bond donors (Lipinski definition) is 2. The predicted molar refractivity (Wildman–Crippen MR) is 79.4 cm³/mol. The summed E-state index contributed by atoms with van der Waals surface area (Å²) >= 11 is 0. The molecule has 0 aromatic heterocycles. The topological polar surface area (TPSA) is 99.2 Å². The van der Waals surface area contributed by atoms with Crippen molar-refractivity contribution in [2.45, 2.75) is 49.8 Å². The third kappa shape index (κ3) is 2.70. The zero-order valence-corrected chi connectivity index (χ0v) is 13.3. The standard InChI is InChI=1S/C15H23N3O5/c1-23-11-6-10(9-19)17(7-11)12(20)8-18-13(21)15(16-14(18)22)4-2-3-5-15/h10-11,19H,2-9H2,1H3,(H,16,22)/t10-,11+/m0/s1. The average molecular weight is 325 g/mol. The number of carbonyl (C=O) groups excluding carboxylic acids is 3. The molecule has 1 saturated carbocycles. The molecule has 0 bridgehead atoms. The Labute approximate surface area is 134 Å². The van der Waals surface area contributed by atoms with Crippen LogP contribution in [-0.2, 0) is 14.3 Å². The summed E-state index contributed by atoms with van der Waals surface area (Å²) in [5, 5.41) is 12.2. The zero-order chi connectivity index (χ0) is 16.6. The summed E-state index contributed by atoms with van der Waals surface area (Å²) in [5.74, 6) is -0.626. The summed E-state index contributed by atoms with van der Waals surface area (Å²) in [6.45, 7) is -0.0651. The Hall–Kier alpha value is -1.67. The molecule has 2 aliphatic heterocycles. The first kappa shape index (κ1) is 16.2. The molecule has 2 heterocycles. The van der Waals surface area contributed by atoms with Gasteiger partial charge < -0.3 is 20.1 Å². The number of nitrogens with zero attached hydrogens (tertiary/aromatic N) is 2. The highest BCUT2D eigenvalue weighted by Crippen LogP contribution is 2.35. The number of methoxy groups -OCH3 is 1. The molecule has 128 valence electrons. The number of amides is 4. The van der Waals surface area contributed by atoms with Crippen molar-refractivity contribution in [1.82, 2.24) is 15.1 Å². The minimum atomic E-state index is -0.798. The number of likely N-dealkylation sites (tertiary alicyclic amines) is 1. The van der Waals surface area contributed by atoms with Crippen molar-refractivity contribution < 1.29 is 24.2 Å². The fraction of sp³-hybridized carbons (Fsp3) is 0.800. The van der Waals surface area contributed by atoms with E-state index in [9.17, 15) is 19.5 Å². The minimum absolute atomic E-state index is 0.125. The highest BCUT2D eigenvalue weighted by molar-refractivity contribution is 6.09. The van der Waals surface area contributed by atoms with Crippen LogP contribution in [0.2, 0.25) is 0 Å². The molecule has 3 fully saturated rings. The molecule has 2 N–H and O–H groups in total. The van der Waals surface area contributed by atoms with Gasteiger partial charge in [-0.05, 0) is 19.3 Å². The fourth-order valence-corrected chi connectivity index (χ4v) is 3.89. The number of hydrogen-bond acceptors (Lipinski definition) is 5. The van der Waals surface area contributed by atoms with E-state index < -0.39 is 11.6 Å². The molecular weight excluding hydrogens is 302 g/mol. The molecule has 8 nitrogen and oxygen atoms in total. The maximum Gasteiger partial charge on any atom is 0.325 e. The van der Waals surface area contributed by atoms with Crippen LogP contribution >= 0.6 is 0 Å². The molecule has 0 radical (unpaired) electrons. The second-order valence-corrected chi connectivity index (χ2v) is 6.59. The van der Waals surface area contributed by atoms with E-state index in [1.807, 2.05) is 0 Å². The van der Waals surface area contributed by atoms with Crippen LogP contribution in [0.4, 0.5) is 4.79 Å². The molecule has 23 heavy (non-hydrogen) atoms. The highest BCUT2D eigenvalue weighted by atomic mass is 16.5. The largest absolute Gasteiger partial charge is 0.394 e. The van der Waals surface area contributed by atoms with Gasteiger partial charge >= 0.3 is 6.03 Å². The lowest BCUT2D eigenvalue weighted by Crippen LogP contribution is -2.47. The second-order valence-electron chi connectivity index (χ2n) is 6.59. The monoisotopic (exact) mass is 325 g/mol. The van der Waals surface area contributed by atoms with Crippen molar-refractivity contribution in [1.29, 1.82) is 0 Å². The van der Waals surface area contributed by atoms with Gasteiger partial charge in [0.05, 0.1) is 18.8 Å². The quantitative estimate of drug-likeness (QED) is 0.676. The number of aliphatic hydroxyl groups is 1. The van der Waals surface area contributed by atoms with Crippen LogP contribution in [0.1, 0.15) is 32.1 Å². The first-order chi connectivity index (χ1) is 11.0. The van der Waals surface area contributed by atoms with Crippen LogP contribution in [0.15, 0.2) is 0 Å². The smallest absolute Gasteiger partial charge is 0.325 e. The number of nitrogens with one attached hydrogen (secondary N) is 1. The van der Waals surface area contributed by atoms with E-state index in [-0.39, 0.29) is 37.1 Å². The van der Waals surface area contributed by atoms with Crippen molar-refractivity contribution in [2.24, 2.45) is 0 Å². The fourth-order valence-electron chi connectivity index (χ4n) is 3.89. The summed E-state index contributed by atoms with van der Waals surface area (Å²) < 4.78 is 5.25. The Kier molecular flexibility index (Phi) is 4.29. The third-order valence-corrected chi connectivity index (χ3v) is 5.24.